The maximum absolute atomic E-state index is 10.9. The average Bonchev–Trinajstić information content (AvgIpc) is 2.26. The van der Waals surface area contributed by atoms with Gasteiger partial charge in [0.05, 0.1) is 22.6 Å². The van der Waals surface area contributed by atoms with Crippen molar-refractivity contribution in [1.29, 1.82) is 0 Å². The highest BCUT2D eigenvalue weighted by Gasteiger charge is 2.16. The van der Waals surface area contributed by atoms with Crippen LogP contribution < -0.4 is 4.74 Å². The molecule has 0 aliphatic heterocycles. The number of nitro benzene ring substituents is 1. The van der Waals surface area contributed by atoms with Gasteiger partial charge in [-0.3, -0.25) is 10.1 Å². The van der Waals surface area contributed by atoms with Gasteiger partial charge >= 0.3 is 0 Å². The highest BCUT2D eigenvalue weighted by Crippen LogP contribution is 2.32. The van der Waals surface area contributed by atoms with E-state index in [1.54, 1.807) is 23.2 Å². The van der Waals surface area contributed by atoms with Crippen LogP contribution >= 0.6 is 11.6 Å². The van der Waals surface area contributed by atoms with Crippen molar-refractivity contribution >= 4 is 23.4 Å². The van der Waals surface area contributed by atoms with Crippen molar-refractivity contribution in [3.63, 3.8) is 0 Å². The van der Waals surface area contributed by atoms with Crippen LogP contribution in [0.1, 0.15) is 5.56 Å². The molecule has 0 bridgehead atoms. The number of rotatable bonds is 4. The molecule has 92 valence electrons. The van der Waals surface area contributed by atoms with Crippen molar-refractivity contribution in [3.05, 3.63) is 39.0 Å². The quantitative estimate of drug-likeness (QED) is 0.614. The fraction of sp³-hybridized carbons (Fsp3) is 0.273. The zero-order valence-corrected chi connectivity index (χ0v) is 10.6. The van der Waals surface area contributed by atoms with Crippen molar-refractivity contribution in [2.24, 2.45) is 0 Å². The highest BCUT2D eigenvalue weighted by atomic mass is 35.5. The molecular formula is C11H13ClN2O3. The molecule has 0 fully saturated rings. The van der Waals surface area contributed by atoms with Crippen LogP contribution in [0.2, 0.25) is 5.02 Å². The van der Waals surface area contributed by atoms with Gasteiger partial charge in [-0.2, -0.15) is 0 Å². The summed E-state index contributed by atoms with van der Waals surface area (Å²) in [5.74, 6) is 0.413. The maximum Gasteiger partial charge on any atom is 0.278 e. The summed E-state index contributed by atoms with van der Waals surface area (Å²) >= 11 is 5.84. The molecule has 17 heavy (non-hydrogen) atoms. The minimum Gasteiger partial charge on any atom is -0.495 e. The van der Waals surface area contributed by atoms with Gasteiger partial charge in [0.25, 0.3) is 5.69 Å². The van der Waals surface area contributed by atoms with E-state index >= 15 is 0 Å². The number of hydrogen-bond acceptors (Lipinski definition) is 4. The third-order valence-corrected chi connectivity index (χ3v) is 2.35. The number of benzene rings is 1. The van der Waals surface area contributed by atoms with Crippen LogP contribution in [0.15, 0.2) is 18.3 Å². The summed E-state index contributed by atoms with van der Waals surface area (Å²) < 4.78 is 5.03. The molecule has 1 aromatic carbocycles. The van der Waals surface area contributed by atoms with E-state index in [0.29, 0.717) is 11.3 Å². The Bertz CT molecular complexity index is 458. The predicted octanol–water partition coefficient (Wildman–Crippen LogP) is 2.79. The summed E-state index contributed by atoms with van der Waals surface area (Å²) in [5.41, 5.74) is 0.402. The van der Waals surface area contributed by atoms with E-state index in [9.17, 15) is 10.1 Å². The molecule has 0 aliphatic carbocycles. The van der Waals surface area contributed by atoms with Crippen LogP contribution in [0, 0.1) is 10.1 Å². The fourth-order valence-corrected chi connectivity index (χ4v) is 1.47. The van der Waals surface area contributed by atoms with Crippen LogP contribution in [0.3, 0.4) is 0 Å². The highest BCUT2D eigenvalue weighted by molar-refractivity contribution is 6.32. The lowest BCUT2D eigenvalue weighted by atomic mass is 10.1. The average molecular weight is 257 g/mol. The summed E-state index contributed by atoms with van der Waals surface area (Å²) in [6.07, 6.45) is 3.35. The van der Waals surface area contributed by atoms with Crippen LogP contribution in [0.25, 0.3) is 6.08 Å². The van der Waals surface area contributed by atoms with Gasteiger partial charge < -0.3 is 9.64 Å². The topological polar surface area (TPSA) is 55.6 Å². The first-order valence-corrected chi connectivity index (χ1v) is 5.20. The van der Waals surface area contributed by atoms with Crippen molar-refractivity contribution in [3.8, 4) is 5.75 Å². The Kier molecular flexibility index (Phi) is 4.34. The first kappa shape index (κ1) is 13.3. The monoisotopic (exact) mass is 256 g/mol. The van der Waals surface area contributed by atoms with Gasteiger partial charge in [0.1, 0.15) is 5.75 Å². The molecule has 0 aromatic heterocycles. The van der Waals surface area contributed by atoms with Crippen LogP contribution in [-0.4, -0.2) is 31.0 Å². The lowest BCUT2D eigenvalue weighted by Gasteiger charge is -2.07. The summed E-state index contributed by atoms with van der Waals surface area (Å²) in [6.45, 7) is 0. The second kappa shape index (κ2) is 5.54. The van der Waals surface area contributed by atoms with Gasteiger partial charge in [-0.1, -0.05) is 11.6 Å². The third kappa shape index (κ3) is 3.35. The Morgan fingerprint density at radius 1 is 1.47 bits per heavy atom. The Labute approximate surface area is 104 Å². The Hall–Kier alpha value is -1.75. The smallest absolute Gasteiger partial charge is 0.278 e. The number of nitrogens with zero attached hydrogens (tertiary/aromatic N) is 2. The maximum atomic E-state index is 10.9. The molecule has 0 N–H and O–H groups in total. The van der Waals surface area contributed by atoms with Crippen molar-refractivity contribution in [2.75, 3.05) is 21.2 Å². The zero-order chi connectivity index (χ0) is 13.0. The van der Waals surface area contributed by atoms with Gasteiger partial charge in [0.15, 0.2) is 0 Å². The SMILES string of the molecule is COc1cc(C=CN(C)C)c([N+](=O)[O-])cc1Cl. The molecule has 1 aromatic rings. The minimum absolute atomic E-state index is 0.0473. The molecular weight excluding hydrogens is 244 g/mol. The first-order chi connectivity index (χ1) is 7.95. The largest absolute Gasteiger partial charge is 0.495 e. The van der Waals surface area contributed by atoms with Gasteiger partial charge in [-0.25, -0.2) is 0 Å². The normalized spacial score (nSPS) is 10.6. The first-order valence-electron chi connectivity index (χ1n) is 4.82. The van der Waals surface area contributed by atoms with Gasteiger partial charge in [0.2, 0.25) is 0 Å². The lowest BCUT2D eigenvalue weighted by Crippen LogP contribution is -2.00. The Morgan fingerprint density at radius 2 is 2.12 bits per heavy atom. The molecule has 0 amide bonds. The fourth-order valence-electron chi connectivity index (χ4n) is 1.24. The van der Waals surface area contributed by atoms with Crippen LogP contribution in [0.4, 0.5) is 5.69 Å². The molecule has 0 spiro atoms. The van der Waals surface area contributed by atoms with Gasteiger partial charge in [-0.05, 0) is 18.3 Å². The number of halogens is 1. The van der Waals surface area contributed by atoms with E-state index in [4.69, 9.17) is 16.3 Å². The van der Waals surface area contributed by atoms with E-state index in [1.165, 1.54) is 13.2 Å². The van der Waals surface area contributed by atoms with E-state index in [2.05, 4.69) is 0 Å². The molecule has 0 heterocycles. The molecule has 0 unspecified atom stereocenters. The van der Waals surface area contributed by atoms with E-state index in [-0.39, 0.29) is 10.7 Å². The molecule has 0 aliphatic rings. The van der Waals surface area contributed by atoms with Crippen molar-refractivity contribution in [1.82, 2.24) is 4.90 Å². The lowest BCUT2D eigenvalue weighted by molar-refractivity contribution is -0.385. The number of ether oxygens (including phenoxy) is 1. The minimum atomic E-state index is -0.472. The zero-order valence-electron chi connectivity index (χ0n) is 9.81. The molecule has 6 heteroatoms. The molecule has 5 nitrogen and oxygen atoms in total. The number of methoxy groups -OCH3 is 1. The second-order valence-corrected chi connectivity index (χ2v) is 3.99. The van der Waals surface area contributed by atoms with Crippen molar-refractivity contribution < 1.29 is 9.66 Å². The van der Waals surface area contributed by atoms with Gasteiger partial charge in [-0.15, -0.1) is 0 Å². The van der Waals surface area contributed by atoms with E-state index in [0.717, 1.165) is 0 Å². The standard InChI is InChI=1S/C11H13ClN2O3/c1-13(2)5-4-8-6-11(17-3)9(12)7-10(8)14(15)16/h4-7H,1-3H3. The molecule has 0 saturated heterocycles. The number of hydrogen-bond donors (Lipinski definition) is 0. The van der Waals surface area contributed by atoms with Crippen molar-refractivity contribution in [2.45, 2.75) is 0 Å². The Balaban J connectivity index is 3.29. The summed E-state index contributed by atoms with van der Waals surface area (Å²) in [7, 11) is 5.12. The Morgan fingerprint density at radius 3 is 2.59 bits per heavy atom. The molecule has 1 rings (SSSR count). The predicted molar refractivity (Wildman–Crippen MR) is 67.4 cm³/mol. The molecule has 0 saturated carbocycles. The molecule has 0 radical (unpaired) electrons. The van der Waals surface area contributed by atoms with Crippen LogP contribution in [0.5, 0.6) is 5.75 Å². The van der Waals surface area contributed by atoms with E-state index in [1.807, 2.05) is 14.1 Å². The van der Waals surface area contributed by atoms with Gasteiger partial charge in [0, 0.05) is 20.2 Å². The second-order valence-electron chi connectivity index (χ2n) is 3.58. The summed E-state index contributed by atoms with van der Waals surface area (Å²) in [6, 6.07) is 2.83. The summed E-state index contributed by atoms with van der Waals surface area (Å²) in [4.78, 5) is 12.2. The number of nitro groups is 1. The summed E-state index contributed by atoms with van der Waals surface area (Å²) in [5, 5.41) is 11.1. The third-order valence-electron chi connectivity index (χ3n) is 2.05. The van der Waals surface area contributed by atoms with E-state index < -0.39 is 4.92 Å². The molecule has 0 atom stereocenters. The van der Waals surface area contributed by atoms with Crippen LogP contribution in [-0.2, 0) is 0 Å².